The van der Waals surface area contributed by atoms with Crippen LogP contribution in [0.25, 0.3) is 21.5 Å². The van der Waals surface area contributed by atoms with E-state index >= 15 is 0 Å². The van der Waals surface area contributed by atoms with Gasteiger partial charge in [-0.1, -0.05) is 0 Å². The van der Waals surface area contributed by atoms with Gasteiger partial charge in [0.1, 0.15) is 0 Å². The molecule has 24 heavy (non-hydrogen) atoms. The van der Waals surface area contributed by atoms with Gasteiger partial charge < -0.3 is 24.1 Å². The first kappa shape index (κ1) is 14.4. The summed E-state index contributed by atoms with van der Waals surface area (Å²) >= 11 is 0. The monoisotopic (exact) mass is 326 g/mol. The molecule has 1 heterocycles. The van der Waals surface area contributed by atoms with Gasteiger partial charge in [-0.05, 0) is 46.5 Å². The van der Waals surface area contributed by atoms with Crippen LogP contribution in [0.1, 0.15) is 10.4 Å². The van der Waals surface area contributed by atoms with Crippen LogP contribution in [0.15, 0.2) is 30.3 Å². The number of rotatable bonds is 3. The lowest BCUT2D eigenvalue weighted by molar-refractivity contribution is 0.0699. The third-order valence-corrected chi connectivity index (χ3v) is 4.18. The molecule has 0 saturated heterocycles. The van der Waals surface area contributed by atoms with Crippen LogP contribution >= 0.6 is 0 Å². The summed E-state index contributed by atoms with van der Waals surface area (Å²) in [7, 11) is 3.06. The van der Waals surface area contributed by atoms with E-state index < -0.39 is 5.97 Å². The molecule has 6 nitrogen and oxygen atoms in total. The first-order valence-electron chi connectivity index (χ1n) is 7.27. The van der Waals surface area contributed by atoms with Crippen molar-refractivity contribution in [1.29, 1.82) is 0 Å². The van der Waals surface area contributed by atoms with E-state index in [1.807, 2.05) is 6.07 Å². The van der Waals surface area contributed by atoms with Crippen molar-refractivity contribution >= 4 is 27.5 Å². The van der Waals surface area contributed by atoms with Crippen LogP contribution in [-0.4, -0.2) is 32.1 Å². The molecule has 0 aliphatic carbocycles. The maximum Gasteiger partial charge on any atom is 0.336 e. The summed E-state index contributed by atoms with van der Waals surface area (Å²) in [5.74, 6) is 1.26. The van der Waals surface area contributed by atoms with Gasteiger partial charge in [0.25, 0.3) is 0 Å². The summed E-state index contributed by atoms with van der Waals surface area (Å²) in [5.41, 5.74) is 0.192. The highest BCUT2D eigenvalue weighted by Crippen LogP contribution is 2.42. The van der Waals surface area contributed by atoms with Gasteiger partial charge in [-0.15, -0.1) is 0 Å². The quantitative estimate of drug-likeness (QED) is 0.743. The summed E-state index contributed by atoms with van der Waals surface area (Å²) in [6.07, 6.45) is 0. The van der Waals surface area contributed by atoms with Crippen molar-refractivity contribution in [2.24, 2.45) is 0 Å². The minimum absolute atomic E-state index is 0.159. The summed E-state index contributed by atoms with van der Waals surface area (Å²) in [6.45, 7) is 0.159. The highest BCUT2D eigenvalue weighted by atomic mass is 16.7. The Bertz CT molecular complexity index is 992. The number of carboxylic acid groups (broad SMARTS) is 1. The molecule has 0 spiro atoms. The molecule has 0 radical (unpaired) electrons. The Morgan fingerprint density at radius 2 is 1.54 bits per heavy atom. The van der Waals surface area contributed by atoms with Crippen molar-refractivity contribution in [2.75, 3.05) is 21.0 Å². The largest absolute Gasteiger partial charge is 0.493 e. The van der Waals surface area contributed by atoms with Crippen molar-refractivity contribution in [1.82, 2.24) is 0 Å². The summed E-state index contributed by atoms with van der Waals surface area (Å²) in [4.78, 5) is 11.7. The Hall–Kier alpha value is -3.15. The fourth-order valence-electron chi connectivity index (χ4n) is 3.05. The lowest BCUT2D eigenvalue weighted by Gasteiger charge is -2.13. The number of methoxy groups -OCH3 is 2. The number of fused-ring (bicyclic) bond motifs is 4. The van der Waals surface area contributed by atoms with Gasteiger partial charge in [0.2, 0.25) is 6.79 Å². The summed E-state index contributed by atoms with van der Waals surface area (Å²) in [6, 6.07) is 8.75. The average Bonchev–Trinajstić information content (AvgIpc) is 3.05. The van der Waals surface area contributed by atoms with Gasteiger partial charge in [0.05, 0.1) is 19.8 Å². The third kappa shape index (κ3) is 2.00. The normalized spacial score (nSPS) is 12.6. The topological polar surface area (TPSA) is 74.2 Å². The molecule has 0 amide bonds. The summed E-state index contributed by atoms with van der Waals surface area (Å²) < 4.78 is 21.5. The molecule has 6 heteroatoms. The minimum Gasteiger partial charge on any atom is -0.493 e. The lowest BCUT2D eigenvalue weighted by Crippen LogP contribution is -1.99. The second-order valence-corrected chi connectivity index (χ2v) is 5.41. The Balaban J connectivity index is 2.17. The highest BCUT2D eigenvalue weighted by molar-refractivity contribution is 6.17. The van der Waals surface area contributed by atoms with Gasteiger partial charge in [-0.2, -0.15) is 0 Å². The van der Waals surface area contributed by atoms with Crippen LogP contribution < -0.4 is 18.9 Å². The third-order valence-electron chi connectivity index (χ3n) is 4.18. The molecule has 0 atom stereocenters. The molecule has 1 aliphatic rings. The number of carboxylic acids is 1. The molecular weight excluding hydrogens is 312 g/mol. The molecule has 122 valence electrons. The number of ether oxygens (including phenoxy) is 4. The Morgan fingerprint density at radius 3 is 2.17 bits per heavy atom. The van der Waals surface area contributed by atoms with Crippen molar-refractivity contribution < 1.29 is 28.8 Å². The first-order chi connectivity index (χ1) is 11.6. The number of benzene rings is 3. The molecule has 0 unspecified atom stereocenters. The molecule has 3 aromatic carbocycles. The van der Waals surface area contributed by atoms with Crippen molar-refractivity contribution in [3.05, 3.63) is 35.9 Å². The standard InChI is InChI=1S/C18H14O6/c1-21-14-6-11-10-5-17-16(23-8-24-17)4-9(10)3-13(18(19)20)12(11)7-15(14)22-2/h3-7H,8H2,1-2H3,(H,19,20). The zero-order valence-corrected chi connectivity index (χ0v) is 13.1. The minimum atomic E-state index is -1.01. The fraction of sp³-hybridized carbons (Fsp3) is 0.167. The highest BCUT2D eigenvalue weighted by Gasteiger charge is 2.20. The second-order valence-electron chi connectivity index (χ2n) is 5.41. The number of carbonyl (C=O) groups is 1. The number of aromatic carboxylic acids is 1. The molecule has 3 aromatic rings. The predicted octanol–water partition coefficient (Wildman–Crippen LogP) is 3.44. The zero-order valence-electron chi connectivity index (χ0n) is 13.1. The number of hydrogen-bond donors (Lipinski definition) is 1. The van der Waals surface area contributed by atoms with Crippen molar-refractivity contribution in [3.8, 4) is 23.0 Å². The molecule has 1 N–H and O–H groups in total. The second kappa shape index (κ2) is 5.19. The van der Waals surface area contributed by atoms with E-state index in [0.717, 1.165) is 16.2 Å². The maximum absolute atomic E-state index is 11.7. The Kier molecular flexibility index (Phi) is 3.13. The molecule has 0 bridgehead atoms. The van der Waals surface area contributed by atoms with E-state index in [2.05, 4.69) is 0 Å². The van der Waals surface area contributed by atoms with Crippen LogP contribution in [-0.2, 0) is 0 Å². The zero-order chi connectivity index (χ0) is 16.8. The fourth-order valence-corrected chi connectivity index (χ4v) is 3.05. The maximum atomic E-state index is 11.7. The predicted molar refractivity (Wildman–Crippen MR) is 87.6 cm³/mol. The summed E-state index contributed by atoms with van der Waals surface area (Å²) in [5, 5.41) is 12.5. The van der Waals surface area contributed by atoms with Crippen molar-refractivity contribution in [3.63, 3.8) is 0 Å². The van der Waals surface area contributed by atoms with Gasteiger partial charge >= 0.3 is 5.97 Å². The van der Waals surface area contributed by atoms with Crippen LogP contribution in [0.5, 0.6) is 23.0 Å². The van der Waals surface area contributed by atoms with Crippen LogP contribution in [0.4, 0.5) is 0 Å². The Morgan fingerprint density at radius 1 is 0.917 bits per heavy atom. The first-order valence-corrected chi connectivity index (χ1v) is 7.27. The van der Waals surface area contributed by atoms with Gasteiger partial charge in [0.15, 0.2) is 23.0 Å². The van der Waals surface area contributed by atoms with Crippen LogP contribution in [0.2, 0.25) is 0 Å². The van der Waals surface area contributed by atoms with Gasteiger partial charge in [-0.25, -0.2) is 4.79 Å². The van der Waals surface area contributed by atoms with E-state index in [9.17, 15) is 9.90 Å². The Labute approximate surface area is 137 Å². The smallest absolute Gasteiger partial charge is 0.336 e. The molecule has 0 saturated carbocycles. The van der Waals surface area contributed by atoms with E-state index in [-0.39, 0.29) is 12.4 Å². The molecule has 4 rings (SSSR count). The van der Waals surface area contributed by atoms with E-state index in [0.29, 0.717) is 28.4 Å². The van der Waals surface area contributed by atoms with E-state index in [1.54, 1.807) is 31.4 Å². The number of hydrogen-bond acceptors (Lipinski definition) is 5. The molecule has 0 fully saturated rings. The SMILES string of the molecule is COc1cc2c(C(=O)O)cc3cc4c(cc3c2cc1OC)OCO4. The molecular formula is C18H14O6. The van der Waals surface area contributed by atoms with Gasteiger partial charge in [-0.3, -0.25) is 0 Å². The molecule has 0 aromatic heterocycles. The van der Waals surface area contributed by atoms with Gasteiger partial charge in [0, 0.05) is 5.39 Å². The van der Waals surface area contributed by atoms with Crippen LogP contribution in [0, 0.1) is 0 Å². The van der Waals surface area contributed by atoms with E-state index in [4.69, 9.17) is 18.9 Å². The lowest BCUT2D eigenvalue weighted by atomic mass is 9.96. The van der Waals surface area contributed by atoms with Crippen molar-refractivity contribution in [2.45, 2.75) is 0 Å². The average molecular weight is 326 g/mol. The molecule has 1 aliphatic heterocycles. The van der Waals surface area contributed by atoms with Crippen LogP contribution in [0.3, 0.4) is 0 Å². The van der Waals surface area contributed by atoms with E-state index in [1.165, 1.54) is 7.11 Å².